The number of fused-ring (bicyclic) bond motifs is 5. The van der Waals surface area contributed by atoms with E-state index < -0.39 is 11.7 Å². The van der Waals surface area contributed by atoms with Crippen LogP contribution in [0.1, 0.15) is 59.3 Å². The van der Waals surface area contributed by atoms with Crippen LogP contribution in [0.2, 0.25) is 0 Å². The number of aliphatic hydroxyl groups excluding tert-OH is 2. The zero-order valence-corrected chi connectivity index (χ0v) is 15.7. The fourth-order valence-corrected chi connectivity index (χ4v) is 7.44. The lowest BCUT2D eigenvalue weighted by Gasteiger charge is -2.60. The molecule has 0 radical (unpaired) electrons. The standard InChI is InChI=1S/C22H32O3/c1-5-22(25)12-13(2)19-18-16(7-9-21(19,22)4)20(3)8-6-15(23)10-14(20)11-17(18)24/h1,11,13,15-19,23-25H,6-10,12H2,2-4H3/t13-,15+,16?,17+,18?,19?,20+,21+,22+/m1/s1. The summed E-state index contributed by atoms with van der Waals surface area (Å²) in [5.41, 5.74) is -0.0585. The summed E-state index contributed by atoms with van der Waals surface area (Å²) in [6.07, 6.45) is 12.1. The second-order valence-corrected chi connectivity index (χ2v) is 9.85. The first kappa shape index (κ1) is 17.6. The quantitative estimate of drug-likeness (QED) is 0.468. The highest BCUT2D eigenvalue weighted by atomic mass is 16.3. The van der Waals surface area contributed by atoms with E-state index >= 15 is 0 Å². The van der Waals surface area contributed by atoms with Crippen molar-refractivity contribution in [1.82, 2.24) is 0 Å². The monoisotopic (exact) mass is 344 g/mol. The van der Waals surface area contributed by atoms with Crippen LogP contribution in [0.3, 0.4) is 0 Å². The molecule has 3 fully saturated rings. The van der Waals surface area contributed by atoms with Crippen LogP contribution in [-0.4, -0.2) is 33.1 Å². The van der Waals surface area contributed by atoms with Crippen molar-refractivity contribution < 1.29 is 15.3 Å². The molecular formula is C22H32O3. The predicted molar refractivity (Wildman–Crippen MR) is 97.4 cm³/mol. The third-order valence-corrected chi connectivity index (χ3v) is 8.77. The number of aliphatic hydroxyl groups is 3. The predicted octanol–water partition coefficient (Wildman–Crippen LogP) is 2.89. The van der Waals surface area contributed by atoms with E-state index in [1.807, 2.05) is 6.08 Å². The van der Waals surface area contributed by atoms with Crippen LogP contribution in [0, 0.1) is 46.8 Å². The van der Waals surface area contributed by atoms with Crippen LogP contribution >= 0.6 is 0 Å². The summed E-state index contributed by atoms with van der Waals surface area (Å²) in [7, 11) is 0. The lowest BCUT2D eigenvalue weighted by molar-refractivity contribution is -0.128. The fraction of sp³-hybridized carbons (Fsp3) is 0.818. The summed E-state index contributed by atoms with van der Waals surface area (Å²) in [4.78, 5) is 0. The molecule has 138 valence electrons. The molecule has 3 heteroatoms. The molecule has 0 amide bonds. The first-order valence-electron chi connectivity index (χ1n) is 9.94. The maximum atomic E-state index is 11.2. The third-order valence-electron chi connectivity index (χ3n) is 8.77. The van der Waals surface area contributed by atoms with Gasteiger partial charge in [0.15, 0.2) is 0 Å². The normalized spacial score (nSPS) is 57.7. The Morgan fingerprint density at radius 1 is 1.20 bits per heavy atom. The van der Waals surface area contributed by atoms with Crippen LogP contribution in [0.25, 0.3) is 0 Å². The summed E-state index contributed by atoms with van der Waals surface area (Å²) >= 11 is 0. The van der Waals surface area contributed by atoms with Crippen molar-refractivity contribution >= 4 is 0 Å². The van der Waals surface area contributed by atoms with E-state index in [2.05, 4.69) is 26.7 Å². The average Bonchev–Trinajstić information content (AvgIpc) is 2.76. The molecule has 4 aliphatic carbocycles. The number of hydrogen-bond donors (Lipinski definition) is 3. The van der Waals surface area contributed by atoms with E-state index in [0.717, 1.165) is 25.7 Å². The smallest absolute Gasteiger partial charge is 0.131 e. The topological polar surface area (TPSA) is 60.7 Å². The summed E-state index contributed by atoms with van der Waals surface area (Å²) in [6.45, 7) is 6.68. The Balaban J connectivity index is 1.78. The van der Waals surface area contributed by atoms with Gasteiger partial charge in [0.05, 0.1) is 12.2 Å². The van der Waals surface area contributed by atoms with Crippen molar-refractivity contribution in [1.29, 1.82) is 0 Å². The van der Waals surface area contributed by atoms with Gasteiger partial charge in [0.1, 0.15) is 5.60 Å². The van der Waals surface area contributed by atoms with Gasteiger partial charge in [-0.2, -0.15) is 0 Å². The molecular weight excluding hydrogens is 312 g/mol. The van der Waals surface area contributed by atoms with Crippen molar-refractivity contribution in [2.75, 3.05) is 0 Å². The van der Waals surface area contributed by atoms with E-state index in [0.29, 0.717) is 24.7 Å². The highest BCUT2D eigenvalue weighted by Crippen LogP contribution is 2.68. The molecule has 0 saturated heterocycles. The molecule has 3 unspecified atom stereocenters. The van der Waals surface area contributed by atoms with E-state index in [-0.39, 0.29) is 28.8 Å². The van der Waals surface area contributed by atoms with Crippen molar-refractivity contribution in [3.63, 3.8) is 0 Å². The second-order valence-electron chi connectivity index (χ2n) is 9.85. The molecule has 3 N–H and O–H groups in total. The van der Waals surface area contributed by atoms with Crippen LogP contribution in [-0.2, 0) is 0 Å². The Hall–Kier alpha value is -0.820. The molecule has 3 saturated carbocycles. The Bertz CT molecular complexity index is 648. The van der Waals surface area contributed by atoms with Gasteiger partial charge in [-0.25, -0.2) is 0 Å². The van der Waals surface area contributed by atoms with Gasteiger partial charge in [0, 0.05) is 5.41 Å². The van der Waals surface area contributed by atoms with Gasteiger partial charge in [-0.15, -0.1) is 6.42 Å². The largest absolute Gasteiger partial charge is 0.393 e. The molecule has 0 aromatic heterocycles. The molecule has 4 rings (SSSR count). The second kappa shape index (κ2) is 5.35. The van der Waals surface area contributed by atoms with E-state index in [4.69, 9.17) is 6.42 Å². The molecule has 0 spiro atoms. The summed E-state index contributed by atoms with van der Waals surface area (Å²) in [5, 5.41) is 32.3. The van der Waals surface area contributed by atoms with Gasteiger partial charge in [-0.05, 0) is 67.6 Å². The summed E-state index contributed by atoms with van der Waals surface area (Å²) in [6, 6.07) is 0. The molecule has 0 heterocycles. The molecule has 0 bridgehead atoms. The van der Waals surface area contributed by atoms with E-state index in [9.17, 15) is 15.3 Å². The Morgan fingerprint density at radius 2 is 1.92 bits per heavy atom. The SMILES string of the molecule is C#C[C@]1(O)C[C@@H](C)C2C3C(CC[C@@]21C)[C@@]1(C)CC[C@H](O)CC1=C[C@@H]3O. The molecule has 0 aromatic carbocycles. The molecule has 3 nitrogen and oxygen atoms in total. The first-order valence-corrected chi connectivity index (χ1v) is 9.94. The highest BCUT2D eigenvalue weighted by molar-refractivity contribution is 5.31. The maximum Gasteiger partial charge on any atom is 0.131 e. The van der Waals surface area contributed by atoms with Gasteiger partial charge >= 0.3 is 0 Å². The van der Waals surface area contributed by atoms with Gasteiger partial charge < -0.3 is 15.3 Å². The van der Waals surface area contributed by atoms with Crippen LogP contribution in [0.4, 0.5) is 0 Å². The zero-order valence-electron chi connectivity index (χ0n) is 15.7. The summed E-state index contributed by atoms with van der Waals surface area (Å²) in [5.74, 6) is 3.83. The van der Waals surface area contributed by atoms with E-state index in [1.165, 1.54) is 5.57 Å². The van der Waals surface area contributed by atoms with Crippen molar-refractivity contribution in [3.05, 3.63) is 11.6 Å². The van der Waals surface area contributed by atoms with Crippen molar-refractivity contribution in [2.24, 2.45) is 34.5 Å². The minimum atomic E-state index is -1.06. The third kappa shape index (κ3) is 2.11. The summed E-state index contributed by atoms with van der Waals surface area (Å²) < 4.78 is 0. The zero-order chi connectivity index (χ0) is 18.2. The lowest BCUT2D eigenvalue weighted by atomic mass is 9.46. The van der Waals surface area contributed by atoms with Gasteiger partial charge in [-0.1, -0.05) is 38.3 Å². The minimum absolute atomic E-state index is 0.0705. The lowest BCUT2D eigenvalue weighted by Crippen LogP contribution is -2.58. The van der Waals surface area contributed by atoms with E-state index in [1.54, 1.807) is 0 Å². The fourth-order valence-electron chi connectivity index (χ4n) is 7.44. The van der Waals surface area contributed by atoms with Crippen LogP contribution < -0.4 is 0 Å². The Labute approximate surface area is 151 Å². The maximum absolute atomic E-state index is 11.2. The van der Waals surface area contributed by atoms with Gasteiger partial charge in [0.25, 0.3) is 0 Å². The van der Waals surface area contributed by atoms with Gasteiger partial charge in [-0.3, -0.25) is 0 Å². The van der Waals surface area contributed by atoms with Crippen molar-refractivity contribution in [2.45, 2.75) is 77.1 Å². The Kier molecular flexibility index (Phi) is 3.76. The van der Waals surface area contributed by atoms with Crippen LogP contribution in [0.5, 0.6) is 0 Å². The molecule has 0 aliphatic heterocycles. The molecule has 25 heavy (non-hydrogen) atoms. The number of terminal acetylenes is 1. The average molecular weight is 344 g/mol. The van der Waals surface area contributed by atoms with Crippen LogP contribution in [0.15, 0.2) is 11.6 Å². The highest BCUT2D eigenvalue weighted by Gasteiger charge is 2.67. The molecule has 0 aromatic rings. The van der Waals surface area contributed by atoms with Gasteiger partial charge in [0.2, 0.25) is 0 Å². The van der Waals surface area contributed by atoms with Crippen molar-refractivity contribution in [3.8, 4) is 12.3 Å². The first-order chi connectivity index (χ1) is 11.7. The molecule has 4 aliphatic rings. The minimum Gasteiger partial charge on any atom is -0.393 e. The Morgan fingerprint density at radius 3 is 2.60 bits per heavy atom. The number of rotatable bonds is 0. The number of hydrogen-bond acceptors (Lipinski definition) is 3. The molecule has 9 atom stereocenters.